The third kappa shape index (κ3) is 7.38. The highest BCUT2D eigenvalue weighted by molar-refractivity contribution is 4.89. The Labute approximate surface area is 117 Å². The van der Waals surface area contributed by atoms with E-state index in [2.05, 4.69) is 17.3 Å². The first-order valence-electron chi connectivity index (χ1n) is 8.20. The normalized spacial score (nSPS) is 21.5. The largest absolute Gasteiger partial charge is 0.316 e. The number of nitrogens with zero attached hydrogens (tertiary/aromatic N) is 1. The van der Waals surface area contributed by atoms with Gasteiger partial charge in [-0.05, 0) is 57.8 Å². The molecule has 2 nitrogen and oxygen atoms in total. The molecule has 0 aliphatic carbocycles. The summed E-state index contributed by atoms with van der Waals surface area (Å²) in [6, 6.07) is 0. The lowest BCUT2D eigenvalue weighted by atomic mass is 9.73. The van der Waals surface area contributed by atoms with Gasteiger partial charge < -0.3 is 10.2 Å². The second kappa shape index (κ2) is 13.4. The molecule has 0 unspecified atom stereocenters. The zero-order chi connectivity index (χ0) is 14.4. The molecule has 0 saturated carbocycles. The summed E-state index contributed by atoms with van der Waals surface area (Å²) < 4.78 is 0. The van der Waals surface area contributed by atoms with E-state index in [0.29, 0.717) is 5.41 Å². The summed E-state index contributed by atoms with van der Waals surface area (Å²) in [6.07, 6.45) is 5.69. The van der Waals surface area contributed by atoms with Crippen LogP contribution in [0.1, 0.15) is 67.2 Å². The van der Waals surface area contributed by atoms with Crippen molar-refractivity contribution in [1.82, 2.24) is 10.2 Å². The maximum Gasteiger partial charge on any atom is 0.000877 e. The fourth-order valence-corrected chi connectivity index (χ4v) is 2.55. The van der Waals surface area contributed by atoms with Gasteiger partial charge >= 0.3 is 0 Å². The number of rotatable bonds is 0. The fourth-order valence-electron chi connectivity index (χ4n) is 2.55. The van der Waals surface area contributed by atoms with Gasteiger partial charge in [0, 0.05) is 6.54 Å². The van der Waals surface area contributed by atoms with E-state index >= 15 is 0 Å². The Bertz CT molecular complexity index is 141. The maximum atomic E-state index is 3.54. The molecule has 2 heteroatoms. The summed E-state index contributed by atoms with van der Waals surface area (Å²) in [6.45, 7) is 17.1. The van der Waals surface area contributed by atoms with E-state index in [4.69, 9.17) is 0 Å². The molecule has 0 aromatic carbocycles. The third-order valence-electron chi connectivity index (χ3n) is 3.61. The van der Waals surface area contributed by atoms with Crippen molar-refractivity contribution in [2.45, 2.75) is 67.2 Å². The predicted octanol–water partition coefficient (Wildman–Crippen LogP) is 4.16. The van der Waals surface area contributed by atoms with E-state index < -0.39 is 0 Å². The van der Waals surface area contributed by atoms with E-state index in [0.717, 1.165) is 0 Å². The van der Waals surface area contributed by atoms with Gasteiger partial charge in [0.05, 0.1) is 0 Å². The van der Waals surface area contributed by atoms with Crippen LogP contribution < -0.4 is 5.32 Å². The minimum atomic E-state index is 0.685. The van der Waals surface area contributed by atoms with Crippen LogP contribution in [0.3, 0.4) is 0 Å². The Morgan fingerprint density at radius 1 is 0.833 bits per heavy atom. The lowest BCUT2D eigenvalue weighted by molar-refractivity contribution is 0.0930. The van der Waals surface area contributed by atoms with Crippen LogP contribution in [0.5, 0.6) is 0 Å². The van der Waals surface area contributed by atoms with Crippen molar-refractivity contribution >= 4 is 0 Å². The van der Waals surface area contributed by atoms with Crippen LogP contribution in [0.25, 0.3) is 0 Å². The van der Waals surface area contributed by atoms with Crippen LogP contribution in [0.4, 0.5) is 0 Å². The molecule has 2 aliphatic heterocycles. The lowest BCUT2D eigenvalue weighted by Crippen LogP contribution is -2.46. The second-order valence-corrected chi connectivity index (χ2v) is 4.58. The van der Waals surface area contributed by atoms with Crippen molar-refractivity contribution in [1.29, 1.82) is 0 Å². The minimum Gasteiger partial charge on any atom is -0.316 e. The molecular formula is C16H38N2. The lowest BCUT2D eigenvalue weighted by Gasteiger charge is -2.43. The smallest absolute Gasteiger partial charge is 0.000877 e. The first-order chi connectivity index (χ1) is 8.81. The van der Waals surface area contributed by atoms with Crippen LogP contribution in [-0.2, 0) is 0 Å². The van der Waals surface area contributed by atoms with Crippen LogP contribution in [0.15, 0.2) is 0 Å². The average Bonchev–Trinajstić information content (AvgIpc) is 2.50. The highest BCUT2D eigenvalue weighted by Crippen LogP contribution is 2.36. The molecule has 0 aromatic heterocycles. The summed E-state index contributed by atoms with van der Waals surface area (Å²) in [5.41, 5.74) is 0.685. The Balaban J connectivity index is 0. The third-order valence-corrected chi connectivity index (χ3v) is 3.61. The average molecular weight is 258 g/mol. The predicted molar refractivity (Wildman–Crippen MR) is 85.3 cm³/mol. The molecule has 1 spiro atoms. The summed E-state index contributed by atoms with van der Waals surface area (Å²) in [7, 11) is 2.24. The van der Waals surface area contributed by atoms with Gasteiger partial charge in [-0.15, -0.1) is 0 Å². The topological polar surface area (TPSA) is 15.3 Å². The fraction of sp³-hybridized carbons (Fsp3) is 1.00. The molecule has 2 aliphatic rings. The van der Waals surface area contributed by atoms with E-state index in [-0.39, 0.29) is 0 Å². The molecule has 0 atom stereocenters. The molecule has 0 aromatic rings. The molecule has 2 fully saturated rings. The standard InChI is InChI=1S/C10H20N2.3C2H6/c1-12-7-4-10(5-8-12)3-2-6-11-9-10;3*1-2/h11H,2-9H2,1H3;3*1-2H3. The molecule has 2 heterocycles. The zero-order valence-electron chi connectivity index (χ0n) is 14.1. The number of nitrogens with one attached hydrogen (secondary N) is 1. The first-order valence-corrected chi connectivity index (χ1v) is 8.20. The highest BCUT2D eigenvalue weighted by atomic mass is 15.1. The SMILES string of the molecule is CC.CC.CC.CN1CCC2(CCCNC2)CC1. The van der Waals surface area contributed by atoms with Gasteiger partial charge in [-0.1, -0.05) is 41.5 Å². The molecule has 1 N–H and O–H groups in total. The molecule has 18 heavy (non-hydrogen) atoms. The van der Waals surface area contributed by atoms with E-state index in [1.807, 2.05) is 41.5 Å². The number of hydrogen-bond acceptors (Lipinski definition) is 2. The van der Waals surface area contributed by atoms with Crippen molar-refractivity contribution in [3.05, 3.63) is 0 Å². The van der Waals surface area contributed by atoms with Gasteiger partial charge in [0.25, 0.3) is 0 Å². The van der Waals surface area contributed by atoms with Crippen molar-refractivity contribution < 1.29 is 0 Å². The Morgan fingerprint density at radius 2 is 1.33 bits per heavy atom. The van der Waals surface area contributed by atoms with Crippen LogP contribution in [0, 0.1) is 5.41 Å². The Morgan fingerprint density at radius 3 is 1.72 bits per heavy atom. The highest BCUT2D eigenvalue weighted by Gasteiger charge is 2.34. The maximum absolute atomic E-state index is 3.54. The number of likely N-dealkylation sites (tertiary alicyclic amines) is 1. The number of piperidine rings is 2. The minimum absolute atomic E-state index is 0.685. The van der Waals surface area contributed by atoms with Gasteiger partial charge in [-0.3, -0.25) is 0 Å². The van der Waals surface area contributed by atoms with Crippen LogP contribution in [0.2, 0.25) is 0 Å². The summed E-state index contributed by atoms with van der Waals surface area (Å²) in [4.78, 5) is 2.46. The molecular weight excluding hydrogens is 220 g/mol. The Kier molecular flexibility index (Phi) is 15.0. The van der Waals surface area contributed by atoms with Crippen molar-refractivity contribution in [3.8, 4) is 0 Å². The molecule has 2 saturated heterocycles. The Hall–Kier alpha value is -0.0800. The molecule has 112 valence electrons. The summed E-state index contributed by atoms with van der Waals surface area (Å²) in [5, 5.41) is 3.54. The zero-order valence-corrected chi connectivity index (χ0v) is 14.1. The van der Waals surface area contributed by atoms with Gasteiger partial charge in [0.2, 0.25) is 0 Å². The monoisotopic (exact) mass is 258 g/mol. The van der Waals surface area contributed by atoms with Crippen molar-refractivity contribution in [2.24, 2.45) is 5.41 Å². The molecule has 0 amide bonds. The van der Waals surface area contributed by atoms with Crippen molar-refractivity contribution in [2.75, 3.05) is 33.2 Å². The van der Waals surface area contributed by atoms with Gasteiger partial charge in [0.15, 0.2) is 0 Å². The van der Waals surface area contributed by atoms with Crippen LogP contribution >= 0.6 is 0 Å². The molecule has 0 bridgehead atoms. The summed E-state index contributed by atoms with van der Waals surface area (Å²) in [5.74, 6) is 0. The second-order valence-electron chi connectivity index (χ2n) is 4.58. The van der Waals surface area contributed by atoms with E-state index in [1.165, 1.54) is 51.9 Å². The van der Waals surface area contributed by atoms with Crippen LogP contribution in [-0.4, -0.2) is 38.1 Å². The number of hydrogen-bond donors (Lipinski definition) is 1. The first kappa shape index (κ1) is 20.2. The quantitative estimate of drug-likeness (QED) is 0.702. The summed E-state index contributed by atoms with van der Waals surface area (Å²) >= 11 is 0. The van der Waals surface area contributed by atoms with Gasteiger partial charge in [0.1, 0.15) is 0 Å². The van der Waals surface area contributed by atoms with Gasteiger partial charge in [-0.2, -0.15) is 0 Å². The molecule has 0 radical (unpaired) electrons. The van der Waals surface area contributed by atoms with Gasteiger partial charge in [-0.25, -0.2) is 0 Å². The van der Waals surface area contributed by atoms with E-state index in [9.17, 15) is 0 Å². The van der Waals surface area contributed by atoms with Crippen molar-refractivity contribution in [3.63, 3.8) is 0 Å². The molecule has 2 rings (SSSR count). The van der Waals surface area contributed by atoms with E-state index in [1.54, 1.807) is 0 Å².